The van der Waals surface area contributed by atoms with E-state index in [1.54, 1.807) is 6.92 Å². The number of aliphatic hydroxyl groups is 6. The summed E-state index contributed by atoms with van der Waals surface area (Å²) >= 11 is 7.32. The Morgan fingerprint density at radius 3 is 1.95 bits per heavy atom. The Labute approximate surface area is 718 Å². The summed E-state index contributed by atoms with van der Waals surface area (Å²) < 4.78 is 39.3. The van der Waals surface area contributed by atoms with Gasteiger partial charge in [-0.1, -0.05) is 50.6 Å². The zero-order valence-electron chi connectivity index (χ0n) is 69.2. The highest BCUT2D eigenvalue weighted by Crippen LogP contribution is 2.55. The van der Waals surface area contributed by atoms with E-state index in [1.807, 2.05) is 20.8 Å². The molecule has 0 radical (unpaired) electrons. The first kappa shape index (κ1) is 89.5. The van der Waals surface area contributed by atoms with E-state index in [0.29, 0.717) is 30.7 Å². The minimum Gasteiger partial charge on any atom is -0.508 e. The molecule has 9 amide bonds. The van der Waals surface area contributed by atoms with Crippen molar-refractivity contribution in [2.24, 2.45) is 41.2 Å². The maximum Gasteiger partial charge on any atom is 0.259 e. The molecule has 6 aromatic carbocycles. The third kappa shape index (κ3) is 18.9. The first-order valence-corrected chi connectivity index (χ1v) is 42.1. The number of ether oxygens (including phenoxy) is 6. The van der Waals surface area contributed by atoms with Gasteiger partial charge in [-0.15, -0.1) is 0 Å². The number of fused-ring (bicyclic) bond motifs is 15. The number of aliphatic hydroxyl groups excluding tert-OH is 6. The molecule has 124 heavy (non-hydrogen) atoms. The average Bonchev–Trinajstić information content (AvgIpc) is 0.752. The highest BCUT2D eigenvalue weighted by atomic mass is 35.5. The van der Waals surface area contributed by atoms with Crippen LogP contribution in [0.15, 0.2) is 103 Å². The van der Waals surface area contributed by atoms with Crippen LogP contribution in [0.25, 0.3) is 11.1 Å². The predicted molar refractivity (Wildman–Crippen MR) is 443 cm³/mol. The van der Waals surface area contributed by atoms with E-state index >= 15 is 33.6 Å². The Morgan fingerprint density at radius 1 is 0.669 bits per heavy atom. The number of benzene rings is 6. The van der Waals surface area contributed by atoms with Gasteiger partial charge in [0, 0.05) is 59.8 Å². The van der Waals surface area contributed by atoms with Gasteiger partial charge in [-0.25, -0.2) is 0 Å². The Balaban J connectivity index is 0.969. The lowest BCUT2D eigenvalue weighted by Gasteiger charge is -2.54. The van der Waals surface area contributed by atoms with Crippen LogP contribution in [-0.4, -0.2) is 211 Å². The molecule has 6 heterocycles. The van der Waals surface area contributed by atoms with Crippen molar-refractivity contribution < 1.29 is 118 Å². The maximum absolute atomic E-state index is 16.7. The lowest BCUT2D eigenvalue weighted by molar-refractivity contribution is -0.286. The summed E-state index contributed by atoms with van der Waals surface area (Å²) in [6.07, 6.45) is -10.6. The fourth-order valence-electron chi connectivity index (χ4n) is 18.7. The zero-order valence-corrected chi connectivity index (χ0v) is 69.9. The molecule has 17 rings (SSSR count). The fraction of sp³-hybridized carbons (Fsp3) is 0.489. The van der Waals surface area contributed by atoms with E-state index in [-0.39, 0.29) is 111 Å². The summed E-state index contributed by atoms with van der Waals surface area (Å²) in [4.78, 5) is 140. The van der Waals surface area contributed by atoms with Gasteiger partial charge in [0.05, 0.1) is 29.4 Å². The van der Waals surface area contributed by atoms with Crippen molar-refractivity contribution in [2.75, 3.05) is 33.4 Å². The molecule has 18 atom stereocenters. The predicted octanol–water partition coefficient (Wildman–Crippen LogP) is 3.35. The number of hydrogen-bond donors (Lipinski definition) is 20. The van der Waals surface area contributed by atoms with Crippen molar-refractivity contribution >= 4 is 64.8 Å². The molecule has 5 saturated carbocycles. The summed E-state index contributed by atoms with van der Waals surface area (Å²) in [6, 6.07) is 5.65. The molecule has 0 spiro atoms. The molecule has 1 saturated heterocycles. The highest BCUT2D eigenvalue weighted by Gasteiger charge is 2.53. The summed E-state index contributed by atoms with van der Waals surface area (Å²) in [5.41, 5.74) is 3.17. The third-order valence-electron chi connectivity index (χ3n) is 25.0. The smallest absolute Gasteiger partial charge is 0.259 e. The second-order valence-corrected chi connectivity index (χ2v) is 34.8. The van der Waals surface area contributed by atoms with Gasteiger partial charge in [-0.05, 0) is 221 Å². The number of phenols is 3. The van der Waals surface area contributed by atoms with Crippen LogP contribution in [0.5, 0.6) is 51.7 Å². The van der Waals surface area contributed by atoms with E-state index in [4.69, 9.17) is 45.8 Å². The molecule has 35 nitrogen and oxygen atoms in total. The number of rotatable bonds is 19. The van der Waals surface area contributed by atoms with Gasteiger partial charge in [-0.3, -0.25) is 48.5 Å². The van der Waals surface area contributed by atoms with Crippen molar-refractivity contribution in [3.8, 4) is 62.9 Å². The number of nitrogens with two attached hydrogens (primary N) is 1. The fourth-order valence-corrected chi connectivity index (χ4v) is 19.0. The largest absolute Gasteiger partial charge is 0.508 e. The van der Waals surface area contributed by atoms with Crippen molar-refractivity contribution in [3.05, 3.63) is 147 Å². The number of carbonyl (C=O) groups excluding carboxylic acids is 9. The minimum atomic E-state index is -2.71. The topological polar surface area (TPSA) is 537 Å². The Hall–Kier alpha value is -10.8. The number of aromatic hydroxyl groups is 3. The average molecular weight is 1740 g/mol. The SMILES string of the molecule is CCNCCOc1ccc(C(=O)NC(=O)C2NC(=O)[C@H](NC(=O)[C@@H](CC(C)C)NC)[C@H](O)c3ccc(c(C)c3)Oc3cc4cc(c3O[C@@H]3C[C@H](CO)[C@@H](O)[C@H](O)[C@H]3O[C@H]3C[C@](C)(N)[C@H](O)[C@H](C)O3)Oc3ccc(cc3Cl)[C@@H](O)[C@@H]3NC(=O)[C@H](NC(=O)[C@@H]4NC2=O)c2ccc(O)c(c2)-c2c(O)cc(O)cc2[C@@H](C(=O)NC2C4CC5CC(C4)CC2C5)NC3=O)cc1. The number of likely N-dealkylation sites (N-methyl/N-ethyl adjacent to an activating group) is 2. The van der Waals surface area contributed by atoms with Gasteiger partial charge in [0.15, 0.2) is 23.8 Å². The third-order valence-corrected chi connectivity index (χ3v) is 25.3. The molecule has 1 unspecified atom stereocenters. The maximum atomic E-state index is 16.7. The molecule has 6 fully saturated rings. The monoisotopic (exact) mass is 1740 g/mol. The molecule has 664 valence electrons. The van der Waals surface area contributed by atoms with Crippen LogP contribution in [0.2, 0.25) is 5.02 Å². The first-order valence-electron chi connectivity index (χ1n) is 41.8. The molecule has 15 bridgehead atoms. The summed E-state index contributed by atoms with van der Waals surface area (Å²) in [7, 11) is 1.48. The first-order chi connectivity index (χ1) is 59.1. The number of aryl methyl sites for hydroxylation is 1. The van der Waals surface area contributed by atoms with Crippen molar-refractivity contribution in [1.82, 2.24) is 53.2 Å². The number of halogens is 1. The molecule has 0 aromatic heterocycles. The van der Waals surface area contributed by atoms with Gasteiger partial charge in [0.25, 0.3) is 17.7 Å². The van der Waals surface area contributed by atoms with Crippen molar-refractivity contribution in [1.29, 1.82) is 0 Å². The van der Waals surface area contributed by atoms with Gasteiger partial charge in [-0.2, -0.15) is 0 Å². The van der Waals surface area contributed by atoms with Crippen LogP contribution < -0.4 is 77.8 Å². The lowest BCUT2D eigenvalue weighted by atomic mass is 9.54. The Morgan fingerprint density at radius 2 is 1.31 bits per heavy atom. The van der Waals surface area contributed by atoms with Crippen molar-refractivity contribution in [2.45, 2.75) is 202 Å². The summed E-state index contributed by atoms with van der Waals surface area (Å²) in [6.45, 7) is 10.8. The van der Waals surface area contributed by atoms with Crippen molar-refractivity contribution in [3.63, 3.8) is 0 Å². The quantitative estimate of drug-likeness (QED) is 0.0314. The van der Waals surface area contributed by atoms with Crippen LogP contribution in [-0.2, 0) is 47.8 Å². The van der Waals surface area contributed by atoms with E-state index in [9.17, 15) is 55.5 Å². The van der Waals surface area contributed by atoms with Gasteiger partial charge >= 0.3 is 0 Å². The second kappa shape index (κ2) is 37.2. The van der Waals surface area contributed by atoms with Crippen LogP contribution >= 0.6 is 11.6 Å². The van der Waals surface area contributed by atoms with Gasteiger partial charge in [0.2, 0.25) is 41.2 Å². The van der Waals surface area contributed by atoms with E-state index in [2.05, 4.69) is 53.2 Å². The molecule has 21 N–H and O–H groups in total. The van der Waals surface area contributed by atoms with E-state index in [1.165, 1.54) is 75.5 Å². The van der Waals surface area contributed by atoms with Gasteiger partial charge < -0.3 is 128 Å². The van der Waals surface area contributed by atoms with Crippen LogP contribution in [0.4, 0.5) is 0 Å². The van der Waals surface area contributed by atoms with E-state index < -0.39 is 209 Å². The minimum absolute atomic E-state index is 0.0605. The van der Waals surface area contributed by atoms with Crippen LogP contribution in [0.3, 0.4) is 0 Å². The molecule has 6 aliphatic heterocycles. The number of nitrogens with one attached hydrogen (secondary N) is 10. The summed E-state index contributed by atoms with van der Waals surface area (Å²) in [5.74, 6) is -15.5. The molecular formula is C88H106ClN11O24. The highest BCUT2D eigenvalue weighted by molar-refractivity contribution is 6.32. The van der Waals surface area contributed by atoms with Crippen LogP contribution in [0.1, 0.15) is 160 Å². The van der Waals surface area contributed by atoms with Gasteiger partial charge in [0.1, 0.15) is 102 Å². The lowest BCUT2D eigenvalue weighted by Crippen LogP contribution is -2.63. The van der Waals surface area contributed by atoms with Crippen LogP contribution in [0, 0.1) is 42.4 Å². The summed E-state index contributed by atoms with van der Waals surface area (Å²) in [5, 5.41) is 134. The van der Waals surface area contributed by atoms with E-state index in [0.717, 1.165) is 80.6 Å². The number of imide groups is 1. The Bertz CT molecular complexity index is 5050. The molecule has 11 aliphatic rings. The molecule has 6 aromatic rings. The zero-order chi connectivity index (χ0) is 88.8. The number of carbonyl (C=O) groups is 9. The Kier molecular flexibility index (Phi) is 26.8. The second-order valence-electron chi connectivity index (χ2n) is 34.4. The molecule has 5 aliphatic carbocycles. The number of phenolic OH excluding ortho intramolecular Hbond substituents is 3. The standard InChI is InChI=1S/C88H106ClN11O24/c1-8-92-19-20-119-51-14-9-42(10-15-51)79(110)100-87(118)71-86(117)95-67-48-30-60(121-58-17-12-44(22-38(58)4)72(105)69(85(116)99-71)97-80(111)55(91-7)21-37(2)3)76(123-62-32-49(36-101)74(107)75(108)77(62)124-63-35-88(6,90)78(109)39(5)120-63)61(31-48)122-59-18-13-45(29-54(59)89)73(106)70-84(115)96-68(83(114)93-65-46-24-40-23-41(26-46)27-47(65)25-40)53-33-50(102)34-57(104)64(53)52-28-43(11-16-56(52)103)66(81(112)98-70)94-82(67)113/h9-18,22,28-31,33-34,37,39-41,46-47,49,55,62-63,65-75,77-78,91-92,101-109H,8,19-21,23-27,32,35-36,90H2,1-7H3,(H,93,114)(H,94,113)(H,95,117)(H,96,115)(H,97,111)(H,98,112)(H,99,116)(H,100,110,118)/t39-,40?,41?,46?,47?,49+,55+,62+,63-,65?,66+,67+,68-,69+,70-,71?,72+,73+,74+,75-,77-,78+,88-/m0/s1. The normalized spacial score (nSPS) is 30.5. The molecule has 36 heteroatoms. The number of amides is 9. The molecular weight excluding hydrogens is 1630 g/mol. The number of hydrogen-bond acceptors (Lipinski definition) is 27.